The normalized spacial score (nSPS) is 23.2. The molecule has 4 heteroatoms. The van der Waals surface area contributed by atoms with Gasteiger partial charge in [-0.1, -0.05) is 12.1 Å². The molecule has 1 aromatic carbocycles. The maximum atomic E-state index is 9.27. The van der Waals surface area contributed by atoms with Crippen LogP contribution in [0.25, 0.3) is 0 Å². The molecule has 1 aliphatic heterocycles. The quantitative estimate of drug-likeness (QED) is 0.770. The van der Waals surface area contributed by atoms with Crippen molar-refractivity contribution in [3.05, 3.63) is 29.8 Å². The Morgan fingerprint density at radius 1 is 1.29 bits per heavy atom. The number of ether oxygens (including phenoxy) is 2. The number of aliphatic hydroxyl groups excluding tert-OH is 1. The minimum atomic E-state index is 0.171. The Morgan fingerprint density at radius 2 is 2.10 bits per heavy atom. The van der Waals surface area contributed by atoms with E-state index in [1.165, 1.54) is 5.56 Å². The van der Waals surface area contributed by atoms with Gasteiger partial charge in [-0.3, -0.25) is 0 Å². The summed E-state index contributed by atoms with van der Waals surface area (Å²) < 4.78 is 11.3. The predicted octanol–water partition coefficient (Wildman–Crippen LogP) is 2.11. The highest BCUT2D eigenvalue weighted by atomic mass is 16.5. The Kier molecular flexibility index (Phi) is 4.78. The number of rotatable bonds is 8. The maximum Gasteiger partial charge on any atom is 0.119 e. The lowest BCUT2D eigenvalue weighted by Gasteiger charge is -2.13. The second kappa shape index (κ2) is 6.77. The second-order valence-electron chi connectivity index (χ2n) is 6.35. The molecular weight excluding hydrogens is 266 g/mol. The first-order valence-electron chi connectivity index (χ1n) is 7.95. The zero-order valence-corrected chi connectivity index (χ0v) is 12.5. The van der Waals surface area contributed by atoms with Crippen molar-refractivity contribution in [3.8, 4) is 5.75 Å². The molecule has 2 aliphatic rings. The highest BCUT2D eigenvalue weighted by molar-refractivity contribution is 5.27. The Bertz CT molecular complexity index is 436. The summed E-state index contributed by atoms with van der Waals surface area (Å²) in [4.78, 5) is 0. The van der Waals surface area contributed by atoms with E-state index in [0.29, 0.717) is 13.2 Å². The van der Waals surface area contributed by atoms with Crippen molar-refractivity contribution in [1.29, 1.82) is 0 Å². The Morgan fingerprint density at radius 3 is 2.71 bits per heavy atom. The summed E-state index contributed by atoms with van der Waals surface area (Å²) in [6, 6.07) is 8.22. The lowest BCUT2D eigenvalue weighted by molar-refractivity contribution is 0.0679. The molecule has 1 saturated heterocycles. The second-order valence-corrected chi connectivity index (χ2v) is 6.35. The molecule has 0 aromatic heterocycles. The van der Waals surface area contributed by atoms with E-state index in [4.69, 9.17) is 9.47 Å². The van der Waals surface area contributed by atoms with Gasteiger partial charge < -0.3 is 19.9 Å². The fraction of sp³-hybridized carbons (Fsp3) is 0.647. The van der Waals surface area contributed by atoms with Gasteiger partial charge in [-0.05, 0) is 43.4 Å². The van der Waals surface area contributed by atoms with Gasteiger partial charge in [-0.15, -0.1) is 0 Å². The molecule has 4 nitrogen and oxygen atoms in total. The van der Waals surface area contributed by atoms with E-state index >= 15 is 0 Å². The fourth-order valence-corrected chi connectivity index (χ4v) is 2.71. The van der Waals surface area contributed by atoms with Gasteiger partial charge >= 0.3 is 0 Å². The zero-order chi connectivity index (χ0) is 14.5. The first-order valence-corrected chi connectivity index (χ1v) is 7.95. The Hall–Kier alpha value is -1.10. The van der Waals surface area contributed by atoms with Gasteiger partial charge in [0.05, 0.1) is 6.10 Å². The minimum absolute atomic E-state index is 0.171. The van der Waals surface area contributed by atoms with E-state index in [9.17, 15) is 5.11 Å². The van der Waals surface area contributed by atoms with Crippen LogP contribution < -0.4 is 10.1 Å². The molecule has 116 valence electrons. The third kappa shape index (κ3) is 4.19. The molecule has 0 spiro atoms. The van der Waals surface area contributed by atoms with Crippen molar-refractivity contribution in [1.82, 2.24) is 5.32 Å². The number of hydrogen-bond donors (Lipinski definition) is 2. The summed E-state index contributed by atoms with van der Waals surface area (Å²) in [7, 11) is 0. The zero-order valence-electron chi connectivity index (χ0n) is 12.5. The highest BCUT2D eigenvalue weighted by Gasteiger charge is 2.41. The maximum absolute atomic E-state index is 9.27. The van der Waals surface area contributed by atoms with Crippen LogP contribution in [-0.2, 0) is 11.3 Å². The van der Waals surface area contributed by atoms with Crippen molar-refractivity contribution >= 4 is 0 Å². The smallest absolute Gasteiger partial charge is 0.119 e. The number of aliphatic hydroxyl groups is 1. The van der Waals surface area contributed by atoms with E-state index in [2.05, 4.69) is 17.4 Å². The van der Waals surface area contributed by atoms with Gasteiger partial charge in [0.15, 0.2) is 0 Å². The number of benzene rings is 1. The van der Waals surface area contributed by atoms with Crippen LogP contribution in [0.4, 0.5) is 0 Å². The topological polar surface area (TPSA) is 50.7 Å². The third-order valence-electron chi connectivity index (χ3n) is 4.50. The summed E-state index contributed by atoms with van der Waals surface area (Å²) in [5.74, 6) is 0.906. The molecule has 0 amide bonds. The predicted molar refractivity (Wildman–Crippen MR) is 81.4 cm³/mol. The van der Waals surface area contributed by atoms with Crippen molar-refractivity contribution < 1.29 is 14.6 Å². The van der Waals surface area contributed by atoms with Crippen LogP contribution in [-0.4, -0.2) is 37.6 Å². The Labute approximate surface area is 126 Å². The van der Waals surface area contributed by atoms with Crippen LogP contribution in [0.1, 0.15) is 31.2 Å². The molecule has 0 bridgehead atoms. The summed E-state index contributed by atoms with van der Waals surface area (Å²) in [6.07, 6.45) is 4.81. The molecule has 2 N–H and O–H groups in total. The van der Waals surface area contributed by atoms with Crippen molar-refractivity contribution in [2.75, 3.05) is 26.4 Å². The summed E-state index contributed by atoms with van der Waals surface area (Å²) in [5.41, 5.74) is 1.41. The van der Waals surface area contributed by atoms with Gasteiger partial charge in [0, 0.05) is 31.7 Å². The van der Waals surface area contributed by atoms with Gasteiger partial charge in [-0.25, -0.2) is 0 Å². The third-order valence-corrected chi connectivity index (χ3v) is 4.50. The lowest BCUT2D eigenvalue weighted by atomic mass is 10.1. The van der Waals surface area contributed by atoms with Crippen molar-refractivity contribution in [2.45, 2.75) is 38.3 Å². The molecule has 3 rings (SSSR count). The molecule has 21 heavy (non-hydrogen) atoms. The molecule has 2 fully saturated rings. The molecule has 1 atom stereocenters. The van der Waals surface area contributed by atoms with E-state index < -0.39 is 0 Å². The first-order chi connectivity index (χ1) is 10.3. The van der Waals surface area contributed by atoms with E-state index in [-0.39, 0.29) is 11.5 Å². The molecule has 1 saturated carbocycles. The summed E-state index contributed by atoms with van der Waals surface area (Å²) in [6.45, 7) is 3.56. The molecular formula is C17H25NO3. The summed E-state index contributed by atoms with van der Waals surface area (Å²) >= 11 is 0. The first kappa shape index (κ1) is 14.8. The van der Waals surface area contributed by atoms with Crippen molar-refractivity contribution in [2.24, 2.45) is 5.41 Å². The van der Waals surface area contributed by atoms with Crippen LogP contribution in [0.5, 0.6) is 5.75 Å². The summed E-state index contributed by atoms with van der Waals surface area (Å²) in [5, 5.41) is 12.7. The highest BCUT2D eigenvalue weighted by Crippen LogP contribution is 2.44. The average molecular weight is 291 g/mol. The van der Waals surface area contributed by atoms with Crippen LogP contribution in [0.15, 0.2) is 24.3 Å². The van der Waals surface area contributed by atoms with E-state index in [1.54, 1.807) is 0 Å². The SMILES string of the molecule is OCC1(CNCc2ccc(OCC3CCCO3)cc2)CC1. The van der Waals surface area contributed by atoms with Crippen LogP contribution in [0, 0.1) is 5.41 Å². The lowest BCUT2D eigenvalue weighted by Crippen LogP contribution is -2.26. The van der Waals surface area contributed by atoms with E-state index in [1.807, 2.05) is 12.1 Å². The molecule has 1 aliphatic carbocycles. The standard InChI is InChI=1S/C17H25NO3/c19-13-17(7-8-17)12-18-10-14-3-5-15(6-4-14)21-11-16-2-1-9-20-16/h3-6,16,18-19H,1-2,7-13H2. The molecule has 1 unspecified atom stereocenters. The molecule has 0 radical (unpaired) electrons. The van der Waals surface area contributed by atoms with Crippen molar-refractivity contribution in [3.63, 3.8) is 0 Å². The van der Waals surface area contributed by atoms with Gasteiger partial charge in [-0.2, -0.15) is 0 Å². The fourth-order valence-electron chi connectivity index (χ4n) is 2.71. The van der Waals surface area contributed by atoms with Crippen LogP contribution >= 0.6 is 0 Å². The minimum Gasteiger partial charge on any atom is -0.491 e. The van der Waals surface area contributed by atoms with Gasteiger partial charge in [0.25, 0.3) is 0 Å². The van der Waals surface area contributed by atoms with Gasteiger partial charge in [0.1, 0.15) is 12.4 Å². The van der Waals surface area contributed by atoms with Crippen LogP contribution in [0.2, 0.25) is 0 Å². The molecule has 1 aromatic rings. The van der Waals surface area contributed by atoms with E-state index in [0.717, 1.165) is 51.1 Å². The molecule has 1 heterocycles. The Balaban J connectivity index is 1.39. The van der Waals surface area contributed by atoms with Crippen LogP contribution in [0.3, 0.4) is 0 Å². The number of hydrogen-bond acceptors (Lipinski definition) is 4. The monoisotopic (exact) mass is 291 g/mol. The van der Waals surface area contributed by atoms with Gasteiger partial charge in [0.2, 0.25) is 0 Å². The average Bonchev–Trinajstić information content (AvgIpc) is 3.11. The number of nitrogens with one attached hydrogen (secondary N) is 1. The largest absolute Gasteiger partial charge is 0.491 e.